The number of aryl methyl sites for hydroxylation is 1. The second-order valence-electron chi connectivity index (χ2n) is 6.54. The normalized spacial score (nSPS) is 13.1. The standard InChI is InChI=1S/C21H23N3O3/c1-3-22-20(26)16-6-4-5-14(11-16)13-23-21(27)17-7-9-18-15(12-17)8-10-19(25)24(18)2/h4-7,9,11-12H,3,8,10,13H2,1-2H3,(H,22,26)(H,23,27). The number of amides is 3. The zero-order chi connectivity index (χ0) is 19.4. The summed E-state index contributed by atoms with van der Waals surface area (Å²) in [7, 11) is 1.75. The van der Waals surface area contributed by atoms with Crippen molar-refractivity contribution in [2.24, 2.45) is 0 Å². The molecule has 0 saturated heterocycles. The van der Waals surface area contributed by atoms with Crippen molar-refractivity contribution in [2.75, 3.05) is 18.5 Å². The van der Waals surface area contributed by atoms with E-state index in [1.807, 2.05) is 25.1 Å². The van der Waals surface area contributed by atoms with Gasteiger partial charge in [0.05, 0.1) is 0 Å². The average Bonchev–Trinajstić information content (AvgIpc) is 2.69. The number of anilines is 1. The molecule has 0 aromatic heterocycles. The van der Waals surface area contributed by atoms with E-state index in [2.05, 4.69) is 10.6 Å². The first kappa shape index (κ1) is 18.6. The van der Waals surface area contributed by atoms with Gasteiger partial charge in [0.15, 0.2) is 0 Å². The van der Waals surface area contributed by atoms with Crippen molar-refractivity contribution in [1.82, 2.24) is 10.6 Å². The fraction of sp³-hybridized carbons (Fsp3) is 0.286. The molecule has 0 spiro atoms. The third-order valence-electron chi connectivity index (χ3n) is 4.66. The van der Waals surface area contributed by atoms with Crippen LogP contribution in [0.5, 0.6) is 0 Å². The Balaban J connectivity index is 1.67. The average molecular weight is 365 g/mol. The van der Waals surface area contributed by atoms with Gasteiger partial charge in [0.2, 0.25) is 5.91 Å². The molecule has 1 aliphatic heterocycles. The molecule has 140 valence electrons. The Morgan fingerprint density at radius 2 is 1.74 bits per heavy atom. The quantitative estimate of drug-likeness (QED) is 0.853. The van der Waals surface area contributed by atoms with Crippen LogP contribution in [-0.2, 0) is 17.8 Å². The summed E-state index contributed by atoms with van der Waals surface area (Å²) < 4.78 is 0. The van der Waals surface area contributed by atoms with Crippen LogP contribution in [0.15, 0.2) is 42.5 Å². The minimum Gasteiger partial charge on any atom is -0.352 e. The first-order chi connectivity index (χ1) is 13.0. The summed E-state index contributed by atoms with van der Waals surface area (Å²) in [5.41, 5.74) is 3.86. The zero-order valence-electron chi connectivity index (χ0n) is 15.5. The van der Waals surface area contributed by atoms with Gasteiger partial charge in [-0.15, -0.1) is 0 Å². The van der Waals surface area contributed by atoms with Gasteiger partial charge in [-0.25, -0.2) is 0 Å². The summed E-state index contributed by atoms with van der Waals surface area (Å²) in [6.45, 7) is 2.77. The van der Waals surface area contributed by atoms with Gasteiger partial charge in [-0.3, -0.25) is 14.4 Å². The summed E-state index contributed by atoms with van der Waals surface area (Å²) in [6, 6.07) is 12.6. The van der Waals surface area contributed by atoms with E-state index in [0.29, 0.717) is 37.1 Å². The van der Waals surface area contributed by atoms with E-state index in [-0.39, 0.29) is 17.7 Å². The van der Waals surface area contributed by atoms with E-state index in [1.165, 1.54) is 0 Å². The summed E-state index contributed by atoms with van der Waals surface area (Å²) in [6.07, 6.45) is 1.11. The summed E-state index contributed by atoms with van der Waals surface area (Å²) in [5.74, 6) is -0.216. The number of hydrogen-bond donors (Lipinski definition) is 2. The summed E-state index contributed by atoms with van der Waals surface area (Å²) in [5, 5.41) is 5.65. The molecule has 0 radical (unpaired) electrons. The molecule has 2 aromatic carbocycles. The largest absolute Gasteiger partial charge is 0.352 e. The molecule has 1 aliphatic rings. The molecule has 6 heteroatoms. The first-order valence-electron chi connectivity index (χ1n) is 9.04. The number of benzene rings is 2. The minimum absolute atomic E-state index is 0.0895. The van der Waals surface area contributed by atoms with Gasteiger partial charge in [0, 0.05) is 43.4 Å². The highest BCUT2D eigenvalue weighted by Crippen LogP contribution is 2.27. The topological polar surface area (TPSA) is 78.5 Å². The van der Waals surface area contributed by atoms with Crippen molar-refractivity contribution in [3.63, 3.8) is 0 Å². The molecule has 0 atom stereocenters. The van der Waals surface area contributed by atoms with Gasteiger partial charge in [-0.2, -0.15) is 0 Å². The Labute approximate surface area is 158 Å². The van der Waals surface area contributed by atoms with Crippen molar-refractivity contribution in [1.29, 1.82) is 0 Å². The Bertz CT molecular complexity index is 892. The number of carbonyl (C=O) groups excluding carboxylic acids is 3. The number of nitrogens with zero attached hydrogens (tertiary/aromatic N) is 1. The molecule has 0 fully saturated rings. The van der Waals surface area contributed by atoms with E-state index < -0.39 is 0 Å². The van der Waals surface area contributed by atoms with Gasteiger partial charge in [-0.05, 0) is 54.8 Å². The maximum atomic E-state index is 12.5. The fourth-order valence-electron chi connectivity index (χ4n) is 3.17. The molecule has 3 rings (SSSR count). The maximum absolute atomic E-state index is 12.5. The lowest BCUT2D eigenvalue weighted by Gasteiger charge is -2.26. The van der Waals surface area contributed by atoms with Gasteiger partial charge >= 0.3 is 0 Å². The second-order valence-corrected chi connectivity index (χ2v) is 6.54. The van der Waals surface area contributed by atoms with Gasteiger partial charge in [-0.1, -0.05) is 12.1 Å². The monoisotopic (exact) mass is 365 g/mol. The number of fused-ring (bicyclic) bond motifs is 1. The van der Waals surface area contributed by atoms with Crippen LogP contribution in [0.25, 0.3) is 0 Å². The predicted octanol–water partition coefficient (Wildman–Crippen LogP) is 2.28. The highest BCUT2D eigenvalue weighted by atomic mass is 16.2. The lowest BCUT2D eigenvalue weighted by atomic mass is 9.99. The summed E-state index contributed by atoms with van der Waals surface area (Å²) in [4.78, 5) is 37.8. The van der Waals surface area contributed by atoms with Crippen molar-refractivity contribution in [3.05, 3.63) is 64.7 Å². The smallest absolute Gasteiger partial charge is 0.251 e. The minimum atomic E-state index is -0.180. The number of carbonyl (C=O) groups is 3. The van der Waals surface area contributed by atoms with E-state index >= 15 is 0 Å². The van der Waals surface area contributed by atoms with E-state index in [0.717, 1.165) is 16.8 Å². The number of nitrogens with one attached hydrogen (secondary N) is 2. The lowest BCUT2D eigenvalue weighted by molar-refractivity contribution is -0.118. The fourth-order valence-corrected chi connectivity index (χ4v) is 3.17. The highest BCUT2D eigenvalue weighted by molar-refractivity contribution is 5.99. The molecule has 0 saturated carbocycles. The molecule has 0 aliphatic carbocycles. The molecule has 2 aromatic rings. The van der Waals surface area contributed by atoms with Gasteiger partial charge < -0.3 is 15.5 Å². The molecule has 6 nitrogen and oxygen atoms in total. The predicted molar refractivity (Wildman–Crippen MR) is 104 cm³/mol. The van der Waals surface area contributed by atoms with Crippen LogP contribution in [0, 0.1) is 0 Å². The van der Waals surface area contributed by atoms with Crippen LogP contribution < -0.4 is 15.5 Å². The molecular formula is C21H23N3O3. The molecule has 2 N–H and O–H groups in total. The van der Waals surface area contributed by atoms with Crippen LogP contribution in [0.4, 0.5) is 5.69 Å². The maximum Gasteiger partial charge on any atom is 0.251 e. The van der Waals surface area contributed by atoms with Crippen molar-refractivity contribution >= 4 is 23.4 Å². The van der Waals surface area contributed by atoms with Crippen molar-refractivity contribution in [3.8, 4) is 0 Å². The molecule has 0 bridgehead atoms. The third-order valence-corrected chi connectivity index (χ3v) is 4.66. The Morgan fingerprint density at radius 1 is 1.00 bits per heavy atom. The number of rotatable bonds is 5. The van der Waals surface area contributed by atoms with E-state index in [1.54, 1.807) is 36.2 Å². The molecular weight excluding hydrogens is 342 g/mol. The summed E-state index contributed by atoms with van der Waals surface area (Å²) >= 11 is 0. The van der Waals surface area contributed by atoms with Crippen LogP contribution >= 0.6 is 0 Å². The van der Waals surface area contributed by atoms with Crippen LogP contribution in [-0.4, -0.2) is 31.3 Å². The first-order valence-corrected chi connectivity index (χ1v) is 9.04. The Hall–Kier alpha value is -3.15. The molecule has 3 amide bonds. The Kier molecular flexibility index (Phi) is 5.54. The van der Waals surface area contributed by atoms with E-state index in [4.69, 9.17) is 0 Å². The Morgan fingerprint density at radius 3 is 2.52 bits per heavy atom. The van der Waals surface area contributed by atoms with Crippen LogP contribution in [0.1, 0.15) is 45.2 Å². The zero-order valence-corrected chi connectivity index (χ0v) is 15.5. The highest BCUT2D eigenvalue weighted by Gasteiger charge is 2.21. The van der Waals surface area contributed by atoms with Crippen LogP contribution in [0.3, 0.4) is 0 Å². The third kappa shape index (κ3) is 4.16. The molecule has 0 unspecified atom stereocenters. The molecule has 27 heavy (non-hydrogen) atoms. The van der Waals surface area contributed by atoms with Gasteiger partial charge in [0.1, 0.15) is 0 Å². The second kappa shape index (κ2) is 8.03. The lowest BCUT2D eigenvalue weighted by Crippen LogP contribution is -2.31. The van der Waals surface area contributed by atoms with Gasteiger partial charge in [0.25, 0.3) is 11.8 Å². The SMILES string of the molecule is CCNC(=O)c1cccc(CNC(=O)c2ccc3c(c2)CCC(=O)N3C)c1. The number of hydrogen-bond acceptors (Lipinski definition) is 3. The van der Waals surface area contributed by atoms with E-state index in [9.17, 15) is 14.4 Å². The molecule has 1 heterocycles. The van der Waals surface area contributed by atoms with Crippen molar-refractivity contribution in [2.45, 2.75) is 26.3 Å². The van der Waals surface area contributed by atoms with Crippen molar-refractivity contribution < 1.29 is 14.4 Å². The van der Waals surface area contributed by atoms with Crippen LogP contribution in [0.2, 0.25) is 0 Å².